The third-order valence-electron chi connectivity index (χ3n) is 5.66. The van der Waals surface area contributed by atoms with Crippen molar-refractivity contribution in [2.45, 2.75) is 24.9 Å². The second-order valence-corrected chi connectivity index (χ2v) is 7.09. The van der Waals surface area contributed by atoms with Gasteiger partial charge in [-0.2, -0.15) is 5.10 Å². The standard InChI is InChI=1S/C17H21N5O/c1-21-15-8-14(3-2-12(15)10-18-21)19-16-9-17(23-20-16)11-22-6-4-13(17)5-7-22/h2-3,8,10,13H,4-7,9,11H2,1H3,(H,19,20)/t17-/m0/s1. The Labute approximate surface area is 135 Å². The normalized spacial score (nSPS) is 32.3. The molecule has 120 valence electrons. The van der Waals surface area contributed by atoms with Crippen LogP contribution in [0.25, 0.3) is 10.9 Å². The minimum atomic E-state index is -0.0878. The van der Waals surface area contributed by atoms with Crippen molar-refractivity contribution in [1.29, 1.82) is 0 Å². The summed E-state index contributed by atoms with van der Waals surface area (Å²) in [7, 11) is 1.96. The number of rotatable bonds is 1. The van der Waals surface area contributed by atoms with E-state index in [2.05, 4.69) is 38.7 Å². The Morgan fingerprint density at radius 3 is 2.96 bits per heavy atom. The summed E-state index contributed by atoms with van der Waals surface area (Å²) in [5.41, 5.74) is 2.07. The van der Waals surface area contributed by atoms with E-state index in [-0.39, 0.29) is 5.60 Å². The monoisotopic (exact) mass is 311 g/mol. The first-order valence-electron chi connectivity index (χ1n) is 8.38. The summed E-state index contributed by atoms with van der Waals surface area (Å²) in [6, 6.07) is 6.28. The zero-order valence-corrected chi connectivity index (χ0v) is 13.3. The van der Waals surface area contributed by atoms with Gasteiger partial charge in [-0.25, -0.2) is 0 Å². The van der Waals surface area contributed by atoms with Gasteiger partial charge in [0.25, 0.3) is 0 Å². The maximum atomic E-state index is 5.96. The highest BCUT2D eigenvalue weighted by Crippen LogP contribution is 2.43. The van der Waals surface area contributed by atoms with Gasteiger partial charge in [-0.3, -0.25) is 9.58 Å². The van der Waals surface area contributed by atoms with E-state index in [0.717, 1.165) is 35.4 Å². The van der Waals surface area contributed by atoms with E-state index in [9.17, 15) is 0 Å². The van der Waals surface area contributed by atoms with Gasteiger partial charge >= 0.3 is 0 Å². The fourth-order valence-corrected chi connectivity index (χ4v) is 4.38. The van der Waals surface area contributed by atoms with Gasteiger partial charge in [-0.05, 0) is 44.1 Å². The molecule has 2 aromatic rings. The van der Waals surface area contributed by atoms with E-state index < -0.39 is 0 Å². The van der Waals surface area contributed by atoms with Gasteiger partial charge in [0.15, 0.2) is 11.4 Å². The number of piperidine rings is 3. The molecule has 1 aromatic carbocycles. The lowest BCUT2D eigenvalue weighted by atomic mass is 9.73. The number of amidine groups is 1. The van der Waals surface area contributed by atoms with E-state index in [1.165, 1.54) is 25.9 Å². The van der Waals surface area contributed by atoms with Crippen molar-refractivity contribution in [3.8, 4) is 0 Å². The third kappa shape index (κ3) is 2.05. The van der Waals surface area contributed by atoms with Crippen LogP contribution >= 0.6 is 0 Å². The van der Waals surface area contributed by atoms with Crippen LogP contribution in [0.5, 0.6) is 0 Å². The van der Waals surface area contributed by atoms with Crippen LogP contribution < -0.4 is 5.32 Å². The Morgan fingerprint density at radius 2 is 2.17 bits per heavy atom. The second-order valence-electron chi connectivity index (χ2n) is 7.09. The summed E-state index contributed by atoms with van der Waals surface area (Å²) in [5.74, 6) is 1.59. The van der Waals surface area contributed by atoms with Gasteiger partial charge in [0, 0.05) is 30.6 Å². The number of oxime groups is 1. The van der Waals surface area contributed by atoms with Crippen LogP contribution in [0.1, 0.15) is 19.3 Å². The molecule has 0 aliphatic carbocycles. The fourth-order valence-electron chi connectivity index (χ4n) is 4.38. The number of hydrogen-bond donors (Lipinski definition) is 1. The molecule has 1 atom stereocenters. The molecule has 0 saturated carbocycles. The molecule has 0 radical (unpaired) electrons. The van der Waals surface area contributed by atoms with E-state index in [0.29, 0.717) is 5.92 Å². The SMILES string of the molecule is Cn1ncc2ccc(NC3=NO[C@@]4(C3)CN3CCC4CC3)cc21. The minimum absolute atomic E-state index is 0.0878. The first-order chi connectivity index (χ1) is 11.2. The van der Waals surface area contributed by atoms with E-state index in [4.69, 9.17) is 4.84 Å². The second kappa shape index (κ2) is 4.71. The number of nitrogens with one attached hydrogen (secondary N) is 1. The molecule has 3 fully saturated rings. The van der Waals surface area contributed by atoms with Crippen LogP contribution in [0.15, 0.2) is 29.6 Å². The van der Waals surface area contributed by atoms with Crippen molar-refractivity contribution < 1.29 is 4.84 Å². The Bertz CT molecular complexity index is 789. The van der Waals surface area contributed by atoms with E-state index >= 15 is 0 Å². The quantitative estimate of drug-likeness (QED) is 0.877. The summed E-state index contributed by atoms with van der Waals surface area (Å²) in [5, 5.41) is 13.3. The third-order valence-corrected chi connectivity index (χ3v) is 5.66. The van der Waals surface area contributed by atoms with Crippen LogP contribution in [0.2, 0.25) is 0 Å². The molecular formula is C17H21N5O. The van der Waals surface area contributed by atoms with E-state index in [1.807, 2.05) is 17.9 Å². The lowest BCUT2D eigenvalue weighted by molar-refractivity contribution is -0.136. The molecule has 3 saturated heterocycles. The van der Waals surface area contributed by atoms with E-state index in [1.54, 1.807) is 0 Å². The molecule has 0 unspecified atom stereocenters. The number of hydrogen-bond acceptors (Lipinski definition) is 5. The van der Waals surface area contributed by atoms with Gasteiger partial charge in [0.2, 0.25) is 0 Å². The lowest BCUT2D eigenvalue weighted by Crippen LogP contribution is -2.59. The Kier molecular flexibility index (Phi) is 2.74. The summed E-state index contributed by atoms with van der Waals surface area (Å²) >= 11 is 0. The van der Waals surface area contributed by atoms with Gasteiger partial charge in [-0.1, -0.05) is 5.16 Å². The van der Waals surface area contributed by atoms with Crippen LogP contribution in [0.4, 0.5) is 5.69 Å². The van der Waals surface area contributed by atoms with Gasteiger partial charge < -0.3 is 10.2 Å². The average molecular weight is 311 g/mol. The van der Waals surface area contributed by atoms with Crippen molar-refractivity contribution in [1.82, 2.24) is 14.7 Å². The zero-order chi connectivity index (χ0) is 15.4. The van der Waals surface area contributed by atoms with Gasteiger partial charge in [0.1, 0.15) is 0 Å². The molecule has 1 aromatic heterocycles. The topological polar surface area (TPSA) is 54.7 Å². The highest BCUT2D eigenvalue weighted by Gasteiger charge is 2.52. The summed E-state index contributed by atoms with van der Waals surface area (Å²) in [6.45, 7) is 3.46. The maximum Gasteiger partial charge on any atom is 0.160 e. The summed E-state index contributed by atoms with van der Waals surface area (Å²) < 4.78 is 1.89. The average Bonchev–Trinajstić information content (AvgIpc) is 3.13. The molecule has 6 nitrogen and oxygen atoms in total. The predicted molar refractivity (Wildman–Crippen MR) is 89.4 cm³/mol. The number of nitrogens with zero attached hydrogens (tertiary/aromatic N) is 4. The molecule has 1 N–H and O–H groups in total. The largest absolute Gasteiger partial charge is 0.386 e. The molecule has 0 amide bonds. The van der Waals surface area contributed by atoms with Crippen molar-refractivity contribution in [3.63, 3.8) is 0 Å². The Hall–Kier alpha value is -2.08. The smallest absolute Gasteiger partial charge is 0.160 e. The number of fused-ring (bicyclic) bond motifs is 3. The van der Waals surface area contributed by atoms with Crippen LogP contribution in [-0.4, -0.2) is 45.8 Å². The molecule has 1 spiro atoms. The molecule has 4 aliphatic rings. The van der Waals surface area contributed by atoms with Crippen LogP contribution in [0.3, 0.4) is 0 Å². The number of benzene rings is 1. The fraction of sp³-hybridized carbons (Fsp3) is 0.529. The van der Waals surface area contributed by atoms with Crippen molar-refractivity contribution >= 4 is 22.4 Å². The van der Waals surface area contributed by atoms with Crippen molar-refractivity contribution in [3.05, 3.63) is 24.4 Å². The Balaban J connectivity index is 1.36. The van der Waals surface area contributed by atoms with Crippen LogP contribution in [-0.2, 0) is 11.9 Å². The predicted octanol–water partition coefficient (Wildman–Crippen LogP) is 2.18. The first-order valence-corrected chi connectivity index (χ1v) is 8.38. The van der Waals surface area contributed by atoms with Gasteiger partial charge in [-0.15, -0.1) is 0 Å². The maximum absolute atomic E-state index is 5.96. The zero-order valence-electron chi connectivity index (χ0n) is 13.3. The molecule has 23 heavy (non-hydrogen) atoms. The van der Waals surface area contributed by atoms with Crippen molar-refractivity contribution in [2.75, 3.05) is 25.0 Å². The Morgan fingerprint density at radius 1 is 1.30 bits per heavy atom. The van der Waals surface area contributed by atoms with Gasteiger partial charge in [0.05, 0.1) is 18.1 Å². The molecular weight excluding hydrogens is 290 g/mol. The summed E-state index contributed by atoms with van der Waals surface area (Å²) in [6.07, 6.45) is 5.25. The number of aryl methyl sites for hydroxylation is 1. The van der Waals surface area contributed by atoms with Crippen LogP contribution in [0, 0.1) is 5.92 Å². The highest BCUT2D eigenvalue weighted by atomic mass is 16.7. The highest BCUT2D eigenvalue weighted by molar-refractivity contribution is 5.98. The first kappa shape index (κ1) is 13.4. The molecule has 5 heterocycles. The number of anilines is 1. The minimum Gasteiger partial charge on any atom is -0.386 e. The molecule has 4 aliphatic heterocycles. The molecule has 2 bridgehead atoms. The van der Waals surface area contributed by atoms with Crippen molar-refractivity contribution in [2.24, 2.45) is 18.1 Å². The summed E-state index contributed by atoms with van der Waals surface area (Å²) in [4.78, 5) is 8.48. The lowest BCUT2D eigenvalue weighted by Gasteiger charge is -2.49. The molecule has 6 heteroatoms. The number of aromatic nitrogens is 2. The molecule has 6 rings (SSSR count).